The Labute approximate surface area is 161 Å². The smallest absolute Gasteiger partial charge is 0.233 e. The number of nitrogens with one attached hydrogen (secondary N) is 2. The van der Waals surface area contributed by atoms with E-state index in [1.54, 1.807) is 49.6 Å². The van der Waals surface area contributed by atoms with Gasteiger partial charge >= 0.3 is 0 Å². The number of carbonyl (C=O) groups is 2. The molecule has 0 aliphatic carbocycles. The van der Waals surface area contributed by atoms with Gasteiger partial charge in [-0.15, -0.1) is 0 Å². The molecule has 0 radical (unpaired) electrons. The van der Waals surface area contributed by atoms with Crippen LogP contribution in [0.5, 0.6) is 11.5 Å². The van der Waals surface area contributed by atoms with Gasteiger partial charge in [-0.1, -0.05) is 23.2 Å². The van der Waals surface area contributed by atoms with Crippen LogP contribution in [0.2, 0.25) is 10.0 Å². The summed E-state index contributed by atoms with van der Waals surface area (Å²) in [5.74, 6) is 0.527. The van der Waals surface area contributed by atoms with Crippen molar-refractivity contribution in [3.63, 3.8) is 0 Å². The fraction of sp³-hybridized carbons (Fsp3) is 0.222. The van der Waals surface area contributed by atoms with Crippen LogP contribution in [0.1, 0.15) is 6.42 Å². The van der Waals surface area contributed by atoms with Crippen LogP contribution >= 0.6 is 23.2 Å². The summed E-state index contributed by atoms with van der Waals surface area (Å²) < 4.78 is 10.5. The number of anilines is 1. The Morgan fingerprint density at radius 1 is 0.962 bits per heavy atom. The molecule has 0 saturated carbocycles. The second kappa shape index (κ2) is 9.89. The third-order valence-corrected chi connectivity index (χ3v) is 3.66. The Kier molecular flexibility index (Phi) is 7.56. The summed E-state index contributed by atoms with van der Waals surface area (Å²) >= 11 is 11.7. The maximum Gasteiger partial charge on any atom is 0.233 e. The molecule has 2 amide bonds. The van der Waals surface area contributed by atoms with Gasteiger partial charge in [0.1, 0.15) is 24.5 Å². The zero-order valence-corrected chi connectivity index (χ0v) is 15.6. The maximum absolute atomic E-state index is 11.9. The Bertz CT molecular complexity index is 746. The molecular weight excluding hydrogens is 379 g/mol. The molecule has 0 aromatic heterocycles. The fourth-order valence-electron chi connectivity index (χ4n) is 2.07. The summed E-state index contributed by atoms with van der Waals surface area (Å²) in [5, 5.41) is 5.98. The molecule has 6 nitrogen and oxygen atoms in total. The predicted molar refractivity (Wildman–Crippen MR) is 101 cm³/mol. The van der Waals surface area contributed by atoms with E-state index in [1.807, 2.05) is 0 Å². The minimum absolute atomic E-state index is 0.279. The SMILES string of the molecule is COc1ccc(OCCNC(=O)CC(=O)Nc2cc(Cl)cc(Cl)c2)cc1. The molecule has 8 heteroatoms. The van der Waals surface area contributed by atoms with Crippen LogP contribution in [0.25, 0.3) is 0 Å². The van der Waals surface area contributed by atoms with Crippen molar-refractivity contribution in [2.75, 3.05) is 25.6 Å². The highest BCUT2D eigenvalue weighted by Crippen LogP contribution is 2.22. The van der Waals surface area contributed by atoms with E-state index in [4.69, 9.17) is 32.7 Å². The lowest BCUT2D eigenvalue weighted by molar-refractivity contribution is -0.126. The number of ether oxygens (including phenoxy) is 2. The summed E-state index contributed by atoms with van der Waals surface area (Å²) in [6.45, 7) is 0.560. The molecule has 0 fully saturated rings. The van der Waals surface area contributed by atoms with Crippen LogP contribution in [-0.4, -0.2) is 32.1 Å². The molecule has 0 saturated heterocycles. The highest BCUT2D eigenvalue weighted by molar-refractivity contribution is 6.35. The molecule has 0 heterocycles. The molecule has 0 unspecified atom stereocenters. The molecule has 138 valence electrons. The normalized spacial score (nSPS) is 10.1. The Morgan fingerprint density at radius 2 is 1.58 bits per heavy atom. The Hall–Kier alpha value is -2.44. The average molecular weight is 397 g/mol. The average Bonchev–Trinajstić information content (AvgIpc) is 2.58. The lowest BCUT2D eigenvalue weighted by Gasteiger charge is -2.09. The van der Waals surface area contributed by atoms with Crippen LogP contribution in [0.3, 0.4) is 0 Å². The first-order valence-electron chi connectivity index (χ1n) is 7.76. The van der Waals surface area contributed by atoms with E-state index in [-0.39, 0.29) is 19.6 Å². The van der Waals surface area contributed by atoms with Crippen molar-refractivity contribution in [2.45, 2.75) is 6.42 Å². The van der Waals surface area contributed by atoms with Crippen molar-refractivity contribution in [3.8, 4) is 11.5 Å². The highest BCUT2D eigenvalue weighted by Gasteiger charge is 2.10. The lowest BCUT2D eigenvalue weighted by atomic mass is 10.3. The molecule has 2 aromatic carbocycles. The van der Waals surface area contributed by atoms with Gasteiger partial charge in [0.2, 0.25) is 11.8 Å². The molecule has 0 atom stereocenters. The van der Waals surface area contributed by atoms with Crippen LogP contribution in [0, 0.1) is 0 Å². The maximum atomic E-state index is 11.9. The largest absolute Gasteiger partial charge is 0.497 e. The summed E-state index contributed by atoms with van der Waals surface area (Å²) in [4.78, 5) is 23.6. The monoisotopic (exact) mass is 396 g/mol. The molecule has 0 spiro atoms. The van der Waals surface area contributed by atoms with E-state index >= 15 is 0 Å². The summed E-state index contributed by atoms with van der Waals surface area (Å²) in [6.07, 6.45) is -0.313. The Morgan fingerprint density at radius 3 is 2.19 bits per heavy atom. The minimum atomic E-state index is -0.461. The van der Waals surface area contributed by atoms with Gasteiger partial charge in [0.05, 0.1) is 13.7 Å². The van der Waals surface area contributed by atoms with Gasteiger partial charge in [0, 0.05) is 15.7 Å². The number of carbonyl (C=O) groups excluding carboxylic acids is 2. The minimum Gasteiger partial charge on any atom is -0.497 e. The number of rotatable bonds is 8. The molecule has 2 rings (SSSR count). The number of benzene rings is 2. The van der Waals surface area contributed by atoms with E-state index in [0.29, 0.717) is 21.5 Å². The van der Waals surface area contributed by atoms with Crippen LogP contribution < -0.4 is 20.1 Å². The van der Waals surface area contributed by atoms with Crippen molar-refractivity contribution in [1.29, 1.82) is 0 Å². The van der Waals surface area contributed by atoms with Crippen molar-refractivity contribution in [1.82, 2.24) is 5.32 Å². The molecule has 0 aliphatic heterocycles. The van der Waals surface area contributed by atoms with E-state index in [9.17, 15) is 9.59 Å². The standard InChI is InChI=1S/C18H18Cl2N2O4/c1-25-15-2-4-16(5-3-15)26-7-6-21-17(23)11-18(24)22-14-9-12(19)8-13(20)10-14/h2-5,8-10H,6-7,11H2,1H3,(H,21,23)(H,22,24). The summed E-state index contributed by atoms with van der Waals surface area (Å²) in [5.41, 5.74) is 0.433. The fourth-order valence-corrected chi connectivity index (χ4v) is 2.60. The van der Waals surface area contributed by atoms with E-state index < -0.39 is 11.8 Å². The molecule has 26 heavy (non-hydrogen) atoms. The predicted octanol–water partition coefficient (Wildman–Crippen LogP) is 3.53. The van der Waals surface area contributed by atoms with Gasteiger partial charge in [0.25, 0.3) is 0 Å². The van der Waals surface area contributed by atoms with Crippen molar-refractivity contribution in [3.05, 3.63) is 52.5 Å². The first-order valence-corrected chi connectivity index (χ1v) is 8.51. The molecule has 2 N–H and O–H groups in total. The summed E-state index contributed by atoms with van der Waals surface area (Å²) in [7, 11) is 1.59. The van der Waals surface area contributed by atoms with Crippen molar-refractivity contribution in [2.24, 2.45) is 0 Å². The van der Waals surface area contributed by atoms with Crippen molar-refractivity contribution >= 4 is 40.7 Å². The van der Waals surface area contributed by atoms with Crippen LogP contribution in [-0.2, 0) is 9.59 Å². The van der Waals surface area contributed by atoms with Crippen molar-refractivity contribution < 1.29 is 19.1 Å². The zero-order valence-electron chi connectivity index (χ0n) is 14.1. The van der Waals surface area contributed by atoms with E-state index in [1.165, 1.54) is 0 Å². The molecule has 2 aromatic rings. The van der Waals surface area contributed by atoms with E-state index in [2.05, 4.69) is 10.6 Å². The second-order valence-corrected chi connectivity index (χ2v) is 6.13. The lowest BCUT2D eigenvalue weighted by Crippen LogP contribution is -2.31. The molecule has 0 bridgehead atoms. The third-order valence-electron chi connectivity index (χ3n) is 3.22. The number of hydrogen-bond acceptors (Lipinski definition) is 4. The Balaban J connectivity index is 1.68. The number of amides is 2. The first-order chi connectivity index (χ1) is 12.5. The third kappa shape index (κ3) is 6.82. The van der Waals surface area contributed by atoms with Crippen LogP contribution in [0.15, 0.2) is 42.5 Å². The van der Waals surface area contributed by atoms with Gasteiger partial charge in [0.15, 0.2) is 0 Å². The number of methoxy groups -OCH3 is 1. The van der Waals surface area contributed by atoms with Gasteiger partial charge in [-0.25, -0.2) is 0 Å². The van der Waals surface area contributed by atoms with Gasteiger partial charge < -0.3 is 20.1 Å². The number of hydrogen-bond donors (Lipinski definition) is 2. The second-order valence-electron chi connectivity index (χ2n) is 5.26. The van der Waals surface area contributed by atoms with Gasteiger partial charge in [-0.2, -0.15) is 0 Å². The quantitative estimate of drug-likeness (QED) is 0.528. The topological polar surface area (TPSA) is 76.7 Å². The first kappa shape index (κ1) is 19.9. The summed E-state index contributed by atoms with van der Waals surface area (Å²) in [6, 6.07) is 11.7. The van der Waals surface area contributed by atoms with E-state index in [0.717, 1.165) is 5.75 Å². The van der Waals surface area contributed by atoms with Crippen LogP contribution in [0.4, 0.5) is 5.69 Å². The van der Waals surface area contributed by atoms with Gasteiger partial charge in [-0.05, 0) is 42.5 Å². The van der Waals surface area contributed by atoms with Gasteiger partial charge in [-0.3, -0.25) is 9.59 Å². The molecular formula is C18H18Cl2N2O4. The molecule has 0 aliphatic rings. The highest BCUT2D eigenvalue weighted by atomic mass is 35.5. The zero-order chi connectivity index (χ0) is 18.9. The number of halogens is 2.